The van der Waals surface area contributed by atoms with Gasteiger partial charge in [0, 0.05) is 0 Å². The van der Waals surface area contributed by atoms with Crippen LogP contribution in [-0.4, -0.2) is 12.0 Å². The van der Waals surface area contributed by atoms with Gasteiger partial charge in [0.1, 0.15) is 0 Å². The van der Waals surface area contributed by atoms with Crippen molar-refractivity contribution in [1.29, 1.82) is 0 Å². The molecule has 0 aliphatic heterocycles. The normalized spacial score (nSPS) is 17.5. The molecule has 4 aliphatic carbocycles. The second kappa shape index (κ2) is 21.6. The molecule has 0 heterocycles. The van der Waals surface area contributed by atoms with Crippen LogP contribution in [0.2, 0.25) is 0 Å². The van der Waals surface area contributed by atoms with E-state index in [1.165, 1.54) is 22.3 Å². The first kappa shape index (κ1) is 46.6. The topological polar surface area (TPSA) is 0 Å². The Morgan fingerprint density at radius 1 is 0.242 bits per heavy atom. The van der Waals surface area contributed by atoms with Gasteiger partial charge in [-0.3, -0.25) is 0 Å². The van der Waals surface area contributed by atoms with Crippen LogP contribution < -0.4 is 45.6 Å². The molecule has 66 heavy (non-hydrogen) atoms. The van der Waals surface area contributed by atoms with Crippen molar-refractivity contribution in [3.63, 3.8) is 0 Å². The number of allylic oxidation sites excluding steroid dienone is 4. The summed E-state index contributed by atoms with van der Waals surface area (Å²) in [6.45, 7) is 0. The second-order valence-corrected chi connectivity index (χ2v) is 61.3. The zero-order chi connectivity index (χ0) is 42.7. The summed E-state index contributed by atoms with van der Waals surface area (Å²) < 4.78 is 2.53. The molecule has 320 valence electrons. The summed E-state index contributed by atoms with van der Waals surface area (Å²) in [5.74, 6) is -2.76. The molecule has 0 saturated carbocycles. The van der Waals surface area contributed by atoms with E-state index in [9.17, 15) is 0 Å². The van der Waals surface area contributed by atoms with Crippen molar-refractivity contribution >= 4 is 57.0 Å². The van der Waals surface area contributed by atoms with Crippen molar-refractivity contribution in [2.24, 2.45) is 0 Å². The molecule has 0 amide bonds. The van der Waals surface area contributed by atoms with Crippen molar-refractivity contribution in [2.45, 2.75) is 14.7 Å². The van der Waals surface area contributed by atoms with E-state index in [-0.39, 0.29) is 24.8 Å². The van der Waals surface area contributed by atoms with Crippen LogP contribution in [0.1, 0.15) is 59.2 Å². The van der Waals surface area contributed by atoms with Crippen LogP contribution in [0.25, 0.3) is 24.3 Å². The first-order valence-corrected chi connectivity index (χ1v) is 47.0. The molecule has 0 aromatic heterocycles. The summed E-state index contributed by atoms with van der Waals surface area (Å²) in [6.07, 6.45) is 19.9. The molecule has 0 bridgehead atoms. The molecular formula is C60H50Cl2Hf2Si2. The largest absolute Gasteiger partial charge is 1.00 e. The van der Waals surface area contributed by atoms with Gasteiger partial charge in [0.15, 0.2) is 0 Å². The van der Waals surface area contributed by atoms with E-state index in [0.29, 0.717) is 14.7 Å². The van der Waals surface area contributed by atoms with Crippen molar-refractivity contribution in [2.75, 3.05) is 0 Å². The molecule has 4 unspecified atom stereocenters. The number of rotatable bonds is 10. The maximum Gasteiger partial charge on any atom is -1.00 e. The molecule has 12 rings (SSSR count). The summed E-state index contributed by atoms with van der Waals surface area (Å²) >= 11 is -4.89. The second-order valence-electron chi connectivity index (χ2n) is 17.4. The average Bonchev–Trinajstić information content (AvgIpc) is 4.20. The van der Waals surface area contributed by atoms with Gasteiger partial charge in [0.05, 0.1) is 0 Å². The summed E-state index contributed by atoms with van der Waals surface area (Å²) in [6, 6.07) is 82.5. The van der Waals surface area contributed by atoms with Gasteiger partial charge >= 0.3 is 400 Å². The first-order valence-electron chi connectivity index (χ1n) is 22.8. The maximum absolute atomic E-state index is 2.58. The molecule has 0 N–H and O–H groups in total. The molecule has 4 aliphatic rings. The zero-order valence-corrected chi connectivity index (χ0v) is 47.6. The zero-order valence-electron chi connectivity index (χ0n) is 36.6. The molecule has 4 atom stereocenters. The van der Waals surface area contributed by atoms with E-state index in [4.69, 9.17) is 0 Å². The van der Waals surface area contributed by atoms with Crippen molar-refractivity contribution in [1.82, 2.24) is 0 Å². The maximum atomic E-state index is 2.58. The molecule has 0 radical (unpaired) electrons. The van der Waals surface area contributed by atoms with E-state index in [2.05, 4.69) is 267 Å². The van der Waals surface area contributed by atoms with Gasteiger partial charge < -0.3 is 24.8 Å². The van der Waals surface area contributed by atoms with Gasteiger partial charge in [-0.1, -0.05) is 0 Å². The first-order chi connectivity index (χ1) is 31.8. The third kappa shape index (κ3) is 9.35. The molecule has 0 nitrogen and oxygen atoms in total. The Kier molecular flexibility index (Phi) is 15.3. The van der Waals surface area contributed by atoms with E-state index in [1.807, 2.05) is 0 Å². The predicted molar refractivity (Wildman–Crippen MR) is 271 cm³/mol. The molecule has 0 fully saturated rings. The summed E-state index contributed by atoms with van der Waals surface area (Å²) in [5, 5.41) is 6.49. The minimum absolute atomic E-state index is 0. The van der Waals surface area contributed by atoms with Gasteiger partial charge in [0.2, 0.25) is 0 Å². The fraction of sp³-hybridized carbons (Fsp3) is 0.0667. The third-order valence-electron chi connectivity index (χ3n) is 13.8. The Hall–Kier alpha value is -4.53. The monoisotopic (exact) mass is 1260 g/mol. The van der Waals surface area contributed by atoms with Crippen molar-refractivity contribution in [3.8, 4) is 0 Å². The summed E-state index contributed by atoms with van der Waals surface area (Å²) in [7, 11) is 0. The minimum atomic E-state index is -2.44. The third-order valence-corrected chi connectivity index (χ3v) is 77.4. The van der Waals surface area contributed by atoms with E-state index < -0.39 is 53.2 Å². The van der Waals surface area contributed by atoms with Gasteiger partial charge in [-0.05, 0) is 0 Å². The molecule has 6 heteroatoms. The number of hydrogen-bond donors (Lipinski definition) is 0. The average molecular weight is 1260 g/mol. The minimum Gasteiger partial charge on any atom is -1.00 e. The number of halogens is 2. The Bertz CT molecular complexity index is 2600. The molecule has 8 aromatic carbocycles. The number of hydrogen-bond acceptors (Lipinski definition) is 0. The SMILES string of the molecule is C1=C[CH]([Hf+]([CH]2C=Cc3ccccc32)[SiH](c2ccccc2)c2ccccc2)c2ccccc21.C1=C[CH]([Hf+]([CH]2C=Cc3ccccc32)[SiH](c2ccccc2)c2ccccc2)c2ccccc21.[Cl-].[Cl-]. The van der Waals surface area contributed by atoms with E-state index >= 15 is 0 Å². The predicted octanol–water partition coefficient (Wildman–Crippen LogP) is 5.37. The quantitative estimate of drug-likeness (QED) is 0.162. The smallest absolute Gasteiger partial charge is 1.00 e. The number of benzene rings is 8. The van der Waals surface area contributed by atoms with Crippen molar-refractivity contribution < 1.29 is 66.0 Å². The van der Waals surface area contributed by atoms with Crippen LogP contribution in [0.3, 0.4) is 0 Å². The Morgan fingerprint density at radius 3 is 0.667 bits per heavy atom. The van der Waals surface area contributed by atoms with Crippen molar-refractivity contribution in [3.05, 3.63) is 287 Å². The van der Waals surface area contributed by atoms with E-state index in [1.54, 1.807) is 43.0 Å². The van der Waals surface area contributed by atoms with Crippen LogP contribution in [-0.2, 0) is 41.2 Å². The van der Waals surface area contributed by atoms with Crippen LogP contribution in [0, 0.1) is 0 Å². The fourth-order valence-corrected chi connectivity index (χ4v) is 83.4. The molecule has 0 spiro atoms. The molecule has 8 aromatic rings. The Labute approximate surface area is 420 Å². The molecular weight excluding hydrogens is 1200 g/mol. The summed E-state index contributed by atoms with van der Waals surface area (Å²) in [4.78, 5) is 0. The van der Waals surface area contributed by atoms with Crippen LogP contribution in [0.5, 0.6) is 0 Å². The van der Waals surface area contributed by atoms with Gasteiger partial charge in [0.25, 0.3) is 0 Å². The fourth-order valence-electron chi connectivity index (χ4n) is 11.0. The Morgan fingerprint density at radius 2 is 0.439 bits per heavy atom. The summed E-state index contributed by atoms with van der Waals surface area (Å²) in [5.41, 5.74) is 12.1. The molecule has 0 saturated heterocycles. The van der Waals surface area contributed by atoms with Crippen LogP contribution in [0.15, 0.2) is 243 Å². The van der Waals surface area contributed by atoms with Crippen LogP contribution in [0.4, 0.5) is 0 Å². The van der Waals surface area contributed by atoms with Gasteiger partial charge in [-0.15, -0.1) is 0 Å². The van der Waals surface area contributed by atoms with Crippen LogP contribution >= 0.6 is 0 Å². The van der Waals surface area contributed by atoms with Gasteiger partial charge in [-0.2, -0.15) is 0 Å². The van der Waals surface area contributed by atoms with Gasteiger partial charge in [-0.25, -0.2) is 0 Å². The van der Waals surface area contributed by atoms with E-state index in [0.717, 1.165) is 0 Å². The Balaban J connectivity index is 0.000000161. The number of fused-ring (bicyclic) bond motifs is 4. The standard InChI is InChI=1S/2C12H11Si.4C9H7.2ClH.2Hf/c2*1-3-7-11(8-4-1)13-12-9-5-2-6-10-12;4*1-2-5-9-7-3-6-8(9)4-1;;;;/h2*1-10,13H;4*1-7H;2*1H;;/q;;;;;;;;2*+1/p-2.